The number of alkyl halides is 2. The van der Waals surface area contributed by atoms with Crippen molar-refractivity contribution in [2.45, 2.75) is 19.4 Å². The van der Waals surface area contributed by atoms with E-state index in [0.717, 1.165) is 0 Å². The second kappa shape index (κ2) is 7.08. The number of aromatic amines is 1. The summed E-state index contributed by atoms with van der Waals surface area (Å²) in [5, 5.41) is 2.87. The van der Waals surface area contributed by atoms with E-state index in [1.54, 1.807) is 7.05 Å². The topological polar surface area (TPSA) is 67.0 Å². The number of H-pyrrole nitrogens is 1. The summed E-state index contributed by atoms with van der Waals surface area (Å²) < 4.78 is 28.3. The SMILES string of the molecule is CNCc1cc(=O)[nH]c(CCOCC(F)F)n1. The lowest BCUT2D eigenvalue weighted by atomic mass is 10.3. The van der Waals surface area contributed by atoms with Crippen molar-refractivity contribution in [3.05, 3.63) is 27.9 Å². The van der Waals surface area contributed by atoms with Crippen LogP contribution in [0.3, 0.4) is 0 Å². The molecule has 96 valence electrons. The zero-order valence-corrected chi connectivity index (χ0v) is 9.50. The Kier molecular flexibility index (Phi) is 5.71. The first-order valence-corrected chi connectivity index (χ1v) is 5.21. The van der Waals surface area contributed by atoms with Gasteiger partial charge in [-0.3, -0.25) is 4.79 Å². The van der Waals surface area contributed by atoms with Crippen LogP contribution in [0.2, 0.25) is 0 Å². The van der Waals surface area contributed by atoms with Gasteiger partial charge in [0.25, 0.3) is 12.0 Å². The Morgan fingerprint density at radius 3 is 3.00 bits per heavy atom. The normalized spacial score (nSPS) is 11.1. The van der Waals surface area contributed by atoms with Crippen molar-refractivity contribution in [2.75, 3.05) is 20.3 Å². The average Bonchev–Trinajstić information content (AvgIpc) is 2.24. The van der Waals surface area contributed by atoms with Crippen LogP contribution in [0.25, 0.3) is 0 Å². The Balaban J connectivity index is 2.50. The fourth-order valence-electron chi connectivity index (χ4n) is 1.29. The largest absolute Gasteiger partial charge is 0.375 e. The van der Waals surface area contributed by atoms with Gasteiger partial charge in [-0.25, -0.2) is 13.8 Å². The van der Waals surface area contributed by atoms with Gasteiger partial charge in [-0.1, -0.05) is 0 Å². The predicted octanol–water partition coefficient (Wildman–Crippen LogP) is 0.313. The van der Waals surface area contributed by atoms with Gasteiger partial charge in [0.2, 0.25) is 0 Å². The minimum Gasteiger partial charge on any atom is -0.375 e. The Morgan fingerprint density at radius 2 is 2.35 bits per heavy atom. The zero-order valence-electron chi connectivity index (χ0n) is 9.50. The minimum atomic E-state index is -2.47. The van der Waals surface area contributed by atoms with Crippen LogP contribution in [0.15, 0.2) is 10.9 Å². The van der Waals surface area contributed by atoms with Crippen molar-refractivity contribution in [3.63, 3.8) is 0 Å². The third kappa shape index (κ3) is 5.50. The van der Waals surface area contributed by atoms with Crippen LogP contribution in [-0.2, 0) is 17.7 Å². The van der Waals surface area contributed by atoms with Crippen molar-refractivity contribution in [1.29, 1.82) is 0 Å². The summed E-state index contributed by atoms with van der Waals surface area (Å²) in [6, 6.07) is 1.39. The molecule has 17 heavy (non-hydrogen) atoms. The molecule has 7 heteroatoms. The van der Waals surface area contributed by atoms with Gasteiger partial charge in [-0.05, 0) is 7.05 Å². The van der Waals surface area contributed by atoms with E-state index in [1.807, 2.05) is 0 Å². The van der Waals surface area contributed by atoms with Crippen LogP contribution < -0.4 is 10.9 Å². The first-order chi connectivity index (χ1) is 8.11. The molecule has 0 atom stereocenters. The number of hydrogen-bond donors (Lipinski definition) is 2. The molecule has 1 rings (SSSR count). The first-order valence-electron chi connectivity index (χ1n) is 5.21. The van der Waals surface area contributed by atoms with Crippen molar-refractivity contribution in [3.8, 4) is 0 Å². The van der Waals surface area contributed by atoms with Gasteiger partial charge in [0.1, 0.15) is 12.4 Å². The van der Waals surface area contributed by atoms with Crippen LogP contribution in [0, 0.1) is 0 Å². The fraction of sp³-hybridized carbons (Fsp3) is 0.600. The van der Waals surface area contributed by atoms with Gasteiger partial charge in [-0.2, -0.15) is 0 Å². The van der Waals surface area contributed by atoms with E-state index in [0.29, 0.717) is 24.5 Å². The summed E-state index contributed by atoms with van der Waals surface area (Å²) in [6.07, 6.45) is -2.17. The van der Waals surface area contributed by atoms with Crippen molar-refractivity contribution >= 4 is 0 Å². The maximum absolute atomic E-state index is 11.8. The molecule has 0 aliphatic heterocycles. The summed E-state index contributed by atoms with van der Waals surface area (Å²) >= 11 is 0. The highest BCUT2D eigenvalue weighted by Crippen LogP contribution is 1.96. The maximum atomic E-state index is 11.8. The van der Waals surface area contributed by atoms with E-state index in [9.17, 15) is 13.6 Å². The second-order valence-electron chi connectivity index (χ2n) is 3.43. The molecule has 0 amide bonds. The number of nitrogens with one attached hydrogen (secondary N) is 2. The van der Waals surface area contributed by atoms with E-state index >= 15 is 0 Å². The van der Waals surface area contributed by atoms with Crippen LogP contribution >= 0.6 is 0 Å². The van der Waals surface area contributed by atoms with E-state index in [1.165, 1.54) is 6.07 Å². The van der Waals surface area contributed by atoms with Crippen molar-refractivity contribution in [1.82, 2.24) is 15.3 Å². The number of rotatable bonds is 7. The highest BCUT2D eigenvalue weighted by Gasteiger charge is 2.04. The van der Waals surface area contributed by atoms with Gasteiger partial charge in [0.15, 0.2) is 0 Å². The van der Waals surface area contributed by atoms with Crippen molar-refractivity contribution < 1.29 is 13.5 Å². The molecule has 5 nitrogen and oxygen atoms in total. The van der Waals surface area contributed by atoms with E-state index < -0.39 is 13.0 Å². The molecule has 0 fully saturated rings. The molecule has 1 aromatic heterocycles. The number of hydrogen-bond acceptors (Lipinski definition) is 4. The summed E-state index contributed by atoms with van der Waals surface area (Å²) in [7, 11) is 1.74. The van der Waals surface area contributed by atoms with E-state index in [-0.39, 0.29) is 12.2 Å². The lowest BCUT2D eigenvalue weighted by Crippen LogP contribution is -2.18. The Bertz CT molecular complexity index is 395. The summed E-state index contributed by atoms with van der Waals surface area (Å²) in [4.78, 5) is 17.9. The van der Waals surface area contributed by atoms with Crippen LogP contribution in [0.5, 0.6) is 0 Å². The maximum Gasteiger partial charge on any atom is 0.261 e. The standard InChI is InChI=1S/C10H15F2N3O2/c1-13-5-7-4-10(16)15-9(14-7)2-3-17-6-8(11)12/h4,8,13H,2-3,5-6H2,1H3,(H,14,15,16). The third-order valence-corrected chi connectivity index (χ3v) is 1.93. The fourth-order valence-corrected chi connectivity index (χ4v) is 1.29. The molecule has 0 spiro atoms. The lowest BCUT2D eigenvalue weighted by molar-refractivity contribution is 0.0182. The molecule has 0 aliphatic carbocycles. The predicted molar refractivity (Wildman–Crippen MR) is 58.1 cm³/mol. The van der Waals surface area contributed by atoms with E-state index in [2.05, 4.69) is 15.3 Å². The van der Waals surface area contributed by atoms with Gasteiger partial charge >= 0.3 is 0 Å². The van der Waals surface area contributed by atoms with Crippen molar-refractivity contribution in [2.24, 2.45) is 0 Å². The lowest BCUT2D eigenvalue weighted by Gasteiger charge is -2.05. The summed E-state index contributed by atoms with van der Waals surface area (Å²) in [5.74, 6) is 0.442. The zero-order chi connectivity index (χ0) is 12.7. The average molecular weight is 247 g/mol. The highest BCUT2D eigenvalue weighted by molar-refractivity contribution is 5.02. The first kappa shape index (κ1) is 13.7. The van der Waals surface area contributed by atoms with Gasteiger partial charge in [0.05, 0.1) is 12.3 Å². The molecule has 0 saturated carbocycles. The number of nitrogens with zero attached hydrogens (tertiary/aromatic N) is 1. The molecular formula is C10H15F2N3O2. The Hall–Kier alpha value is -1.34. The van der Waals surface area contributed by atoms with Crippen LogP contribution in [-0.4, -0.2) is 36.7 Å². The second-order valence-corrected chi connectivity index (χ2v) is 3.43. The molecule has 0 radical (unpaired) electrons. The summed E-state index contributed by atoms with van der Waals surface area (Å²) in [6.45, 7) is -0.00840. The molecule has 0 saturated heterocycles. The summed E-state index contributed by atoms with van der Waals surface area (Å²) in [5.41, 5.74) is 0.356. The molecule has 0 bridgehead atoms. The highest BCUT2D eigenvalue weighted by atomic mass is 19.3. The molecule has 0 aliphatic rings. The number of ether oxygens (including phenoxy) is 1. The monoisotopic (exact) mass is 247 g/mol. The quantitative estimate of drug-likeness (QED) is 0.681. The van der Waals surface area contributed by atoms with Crippen LogP contribution in [0.4, 0.5) is 8.78 Å². The molecule has 0 aromatic carbocycles. The molecule has 0 unspecified atom stereocenters. The van der Waals surface area contributed by atoms with E-state index in [4.69, 9.17) is 4.74 Å². The van der Waals surface area contributed by atoms with Gasteiger partial charge in [-0.15, -0.1) is 0 Å². The minimum absolute atomic E-state index is 0.107. The Morgan fingerprint density at radius 1 is 1.59 bits per heavy atom. The molecule has 1 aromatic rings. The smallest absolute Gasteiger partial charge is 0.261 e. The van der Waals surface area contributed by atoms with Gasteiger partial charge < -0.3 is 15.0 Å². The van der Waals surface area contributed by atoms with Gasteiger partial charge in [0, 0.05) is 19.0 Å². The molecule has 1 heterocycles. The third-order valence-electron chi connectivity index (χ3n) is 1.93. The van der Waals surface area contributed by atoms with Crippen LogP contribution in [0.1, 0.15) is 11.5 Å². The Labute approximate surface area is 97.2 Å². The number of aromatic nitrogens is 2. The molecular weight excluding hydrogens is 232 g/mol. The molecule has 2 N–H and O–H groups in total. The number of halogens is 2.